The molecule has 0 amide bonds. The second-order valence-corrected chi connectivity index (χ2v) is 13.7. The second-order valence-electron chi connectivity index (χ2n) is 9.36. The highest BCUT2D eigenvalue weighted by Gasteiger charge is 2.39. The van der Waals surface area contributed by atoms with Gasteiger partial charge >= 0.3 is 0 Å². The third-order valence-corrected chi connectivity index (χ3v) is 8.41. The highest BCUT2D eigenvalue weighted by Crippen LogP contribution is 2.41. The first-order valence-corrected chi connectivity index (χ1v) is 13.1. The van der Waals surface area contributed by atoms with Gasteiger partial charge in [0.2, 0.25) is 0 Å². The SMILES string of the molecule is C=C(C)C(=C)C.CC(C)(C)N[Si](C)(C)C1C=C(n2cccc2)c2ccccc21. The number of hydrogen-bond acceptors (Lipinski definition) is 1. The molecule has 150 valence electrons. The van der Waals surface area contributed by atoms with Crippen molar-refractivity contribution in [2.45, 2.75) is 58.8 Å². The predicted octanol–water partition coefficient (Wildman–Crippen LogP) is 6.75. The van der Waals surface area contributed by atoms with E-state index in [9.17, 15) is 0 Å². The number of nitrogens with one attached hydrogen (secondary N) is 1. The van der Waals surface area contributed by atoms with Gasteiger partial charge in [-0.2, -0.15) is 0 Å². The zero-order valence-corrected chi connectivity index (χ0v) is 19.6. The molecule has 1 aliphatic carbocycles. The van der Waals surface area contributed by atoms with Crippen LogP contribution in [-0.4, -0.2) is 18.3 Å². The Bertz CT molecular complexity index is 852. The number of rotatable bonds is 4. The number of allylic oxidation sites excluding steroid dienone is 3. The van der Waals surface area contributed by atoms with E-state index in [-0.39, 0.29) is 5.54 Å². The molecule has 3 heteroatoms. The molecule has 1 unspecified atom stereocenters. The summed E-state index contributed by atoms with van der Waals surface area (Å²) in [6.07, 6.45) is 6.74. The van der Waals surface area contributed by atoms with Crippen LogP contribution in [0.4, 0.5) is 0 Å². The van der Waals surface area contributed by atoms with Crippen LogP contribution in [0.5, 0.6) is 0 Å². The van der Waals surface area contributed by atoms with Crippen LogP contribution in [-0.2, 0) is 0 Å². The van der Waals surface area contributed by atoms with Gasteiger partial charge in [0.15, 0.2) is 0 Å². The largest absolute Gasteiger partial charge is 0.332 e. The molecule has 1 N–H and O–H groups in total. The van der Waals surface area contributed by atoms with Gasteiger partial charge < -0.3 is 9.55 Å². The van der Waals surface area contributed by atoms with Gasteiger partial charge in [0.05, 0.1) is 0 Å². The molecule has 0 saturated carbocycles. The van der Waals surface area contributed by atoms with Gasteiger partial charge in [-0.15, -0.1) is 0 Å². The summed E-state index contributed by atoms with van der Waals surface area (Å²) in [6, 6.07) is 13.0. The number of nitrogens with zero attached hydrogens (tertiary/aromatic N) is 1. The van der Waals surface area contributed by atoms with E-state index in [1.54, 1.807) is 0 Å². The average Bonchev–Trinajstić information content (AvgIpc) is 3.20. The minimum absolute atomic E-state index is 0.148. The summed E-state index contributed by atoms with van der Waals surface area (Å²) in [4.78, 5) is 3.93. The summed E-state index contributed by atoms with van der Waals surface area (Å²) in [5, 5.41) is 0. The van der Waals surface area contributed by atoms with Gasteiger partial charge in [0.1, 0.15) is 8.24 Å². The molecule has 1 heterocycles. The first-order valence-electron chi connectivity index (χ1n) is 9.97. The summed E-state index contributed by atoms with van der Waals surface area (Å²) in [7, 11) is -1.65. The molecule has 0 aliphatic heterocycles. The average molecular weight is 393 g/mol. The van der Waals surface area contributed by atoms with E-state index >= 15 is 0 Å². The van der Waals surface area contributed by atoms with Crippen LogP contribution in [0.1, 0.15) is 51.3 Å². The van der Waals surface area contributed by atoms with Gasteiger partial charge in [-0.1, -0.05) is 67.7 Å². The lowest BCUT2D eigenvalue weighted by atomic mass is 10.1. The van der Waals surface area contributed by atoms with E-state index < -0.39 is 8.24 Å². The second kappa shape index (κ2) is 8.50. The predicted molar refractivity (Wildman–Crippen MR) is 127 cm³/mol. The molecule has 0 saturated heterocycles. The van der Waals surface area contributed by atoms with Gasteiger partial charge in [-0.3, -0.25) is 0 Å². The van der Waals surface area contributed by atoms with Gasteiger partial charge in [0.25, 0.3) is 0 Å². The van der Waals surface area contributed by atoms with Crippen LogP contribution >= 0.6 is 0 Å². The molecule has 1 aromatic carbocycles. The first-order chi connectivity index (χ1) is 12.9. The van der Waals surface area contributed by atoms with E-state index in [1.165, 1.54) is 16.8 Å². The number of aromatic nitrogens is 1. The van der Waals surface area contributed by atoms with Gasteiger partial charge in [-0.05, 0) is 52.3 Å². The zero-order valence-electron chi connectivity index (χ0n) is 18.6. The topological polar surface area (TPSA) is 17.0 Å². The summed E-state index contributed by atoms with van der Waals surface area (Å²) in [5.74, 6) is 0. The fourth-order valence-electron chi connectivity index (χ4n) is 3.70. The lowest BCUT2D eigenvalue weighted by Gasteiger charge is -2.37. The van der Waals surface area contributed by atoms with Crippen molar-refractivity contribution in [3.63, 3.8) is 0 Å². The summed E-state index contributed by atoms with van der Waals surface area (Å²) < 4.78 is 2.24. The molecule has 0 radical (unpaired) electrons. The summed E-state index contributed by atoms with van der Waals surface area (Å²) >= 11 is 0. The van der Waals surface area contributed by atoms with Gasteiger partial charge in [-0.25, -0.2) is 0 Å². The normalized spacial score (nSPS) is 16.0. The Kier molecular flexibility index (Phi) is 6.74. The highest BCUT2D eigenvalue weighted by molar-refractivity contribution is 6.77. The van der Waals surface area contributed by atoms with Crippen molar-refractivity contribution in [1.82, 2.24) is 9.55 Å². The minimum atomic E-state index is -1.65. The smallest absolute Gasteiger partial charge is 0.131 e. The molecule has 1 aromatic heterocycles. The summed E-state index contributed by atoms with van der Waals surface area (Å²) in [6.45, 7) is 22.9. The van der Waals surface area contributed by atoms with Crippen molar-refractivity contribution < 1.29 is 0 Å². The Morgan fingerprint density at radius 1 is 0.964 bits per heavy atom. The first kappa shape index (κ1) is 22.2. The molecule has 0 bridgehead atoms. The molecule has 1 atom stereocenters. The molecule has 2 aromatic rings. The molecule has 1 aliphatic rings. The lowest BCUT2D eigenvalue weighted by molar-refractivity contribution is 0.509. The Morgan fingerprint density at radius 3 is 2.00 bits per heavy atom. The Hall–Kier alpha value is -2.10. The highest BCUT2D eigenvalue weighted by atomic mass is 28.3. The van der Waals surface area contributed by atoms with Crippen LogP contribution in [0.25, 0.3) is 5.70 Å². The Labute approximate surface area is 172 Å². The van der Waals surface area contributed by atoms with Crippen LogP contribution in [0.2, 0.25) is 13.1 Å². The Morgan fingerprint density at radius 2 is 1.50 bits per heavy atom. The third kappa shape index (κ3) is 5.46. The van der Waals surface area contributed by atoms with Crippen molar-refractivity contribution in [2.75, 3.05) is 0 Å². The van der Waals surface area contributed by atoms with E-state index in [2.05, 4.69) is 111 Å². The molecule has 0 spiro atoms. The van der Waals surface area contributed by atoms with Crippen molar-refractivity contribution in [1.29, 1.82) is 0 Å². The lowest BCUT2D eigenvalue weighted by Crippen LogP contribution is -2.57. The Balaban J connectivity index is 0.000000409. The van der Waals surface area contributed by atoms with Gasteiger partial charge in [0, 0.05) is 34.7 Å². The molecule has 3 rings (SSSR count). The monoisotopic (exact) mass is 392 g/mol. The maximum Gasteiger partial charge on any atom is 0.131 e. The molecule has 2 nitrogen and oxygen atoms in total. The van der Waals surface area contributed by atoms with Crippen molar-refractivity contribution in [3.8, 4) is 0 Å². The molecular weight excluding hydrogens is 356 g/mol. The maximum atomic E-state index is 3.93. The molecular formula is C25H36N2Si. The van der Waals surface area contributed by atoms with Crippen LogP contribution < -0.4 is 4.98 Å². The summed E-state index contributed by atoms with van der Waals surface area (Å²) in [5.41, 5.74) is 6.95. The van der Waals surface area contributed by atoms with Crippen molar-refractivity contribution in [3.05, 3.63) is 90.3 Å². The molecule has 0 fully saturated rings. The van der Waals surface area contributed by atoms with Crippen molar-refractivity contribution in [2.24, 2.45) is 0 Å². The number of hydrogen-bond donors (Lipinski definition) is 1. The van der Waals surface area contributed by atoms with E-state index in [0.717, 1.165) is 11.1 Å². The van der Waals surface area contributed by atoms with Crippen molar-refractivity contribution >= 4 is 13.9 Å². The van der Waals surface area contributed by atoms with E-state index in [0.29, 0.717) is 5.54 Å². The maximum absolute atomic E-state index is 3.93. The standard InChI is InChI=1S/C19H26N2Si.C6H10/c1-19(2,3)20-22(4,5)18-14-17(21-12-8-9-13-21)15-10-6-7-11-16(15)18;1-5(2)6(3)4/h6-14,18,20H,1-5H3;1,3H2,2,4H3. The quantitative estimate of drug-likeness (QED) is 0.450. The van der Waals surface area contributed by atoms with E-state index in [1.807, 2.05) is 13.8 Å². The zero-order chi connectivity index (χ0) is 21.1. The van der Waals surface area contributed by atoms with Crippen LogP contribution in [0.3, 0.4) is 0 Å². The van der Waals surface area contributed by atoms with Crippen LogP contribution in [0.15, 0.2) is 79.2 Å². The number of benzene rings is 1. The van der Waals surface area contributed by atoms with Crippen LogP contribution in [0, 0.1) is 0 Å². The fraction of sp³-hybridized carbons (Fsp3) is 0.360. The number of fused-ring (bicyclic) bond motifs is 1. The molecule has 28 heavy (non-hydrogen) atoms. The minimum Gasteiger partial charge on any atom is -0.332 e. The van der Waals surface area contributed by atoms with E-state index in [4.69, 9.17) is 0 Å². The third-order valence-electron chi connectivity index (χ3n) is 4.98. The fourth-order valence-corrected chi connectivity index (χ4v) is 7.39.